The molecule has 1 aromatic heterocycles. The van der Waals surface area contributed by atoms with Crippen LogP contribution in [0.15, 0.2) is 6.33 Å². The summed E-state index contributed by atoms with van der Waals surface area (Å²) in [6, 6.07) is 0.434. The maximum atomic E-state index is 12.4. The van der Waals surface area contributed by atoms with Crippen LogP contribution in [-0.2, 0) is 4.79 Å². The van der Waals surface area contributed by atoms with Crippen molar-refractivity contribution in [2.75, 3.05) is 19.6 Å². The third-order valence-electron chi connectivity index (χ3n) is 5.71. The summed E-state index contributed by atoms with van der Waals surface area (Å²) in [5.74, 6) is 1.57. The third kappa shape index (κ3) is 4.15. The second kappa shape index (κ2) is 8.10. The van der Waals surface area contributed by atoms with Gasteiger partial charge in [-0.25, -0.2) is 0 Å². The summed E-state index contributed by atoms with van der Waals surface area (Å²) >= 11 is 0. The third-order valence-corrected chi connectivity index (χ3v) is 5.71. The molecule has 2 fully saturated rings. The molecule has 1 aliphatic carbocycles. The van der Waals surface area contributed by atoms with Crippen LogP contribution in [0.25, 0.3) is 0 Å². The van der Waals surface area contributed by atoms with Crippen molar-refractivity contribution < 1.29 is 4.79 Å². The molecule has 1 unspecified atom stereocenters. The zero-order chi connectivity index (χ0) is 16.9. The molecule has 6 heteroatoms. The van der Waals surface area contributed by atoms with Crippen LogP contribution in [0.3, 0.4) is 0 Å². The Kier molecular flexibility index (Phi) is 5.87. The zero-order valence-corrected chi connectivity index (χ0v) is 15.1. The van der Waals surface area contributed by atoms with Gasteiger partial charge in [-0.2, -0.15) is 0 Å². The summed E-state index contributed by atoms with van der Waals surface area (Å²) in [6.45, 7) is 7.59. The fraction of sp³-hybridized carbons (Fsp3) is 0.833. The van der Waals surface area contributed by atoms with Crippen LogP contribution in [0.4, 0.5) is 0 Å². The lowest BCUT2D eigenvalue weighted by atomic mass is 9.93. The number of likely N-dealkylation sites (tertiary alicyclic amines) is 1. The van der Waals surface area contributed by atoms with Gasteiger partial charge in [0.15, 0.2) is 5.82 Å². The number of aromatic nitrogens is 3. The monoisotopic (exact) mass is 333 g/mol. The van der Waals surface area contributed by atoms with E-state index in [1.807, 2.05) is 13.3 Å². The van der Waals surface area contributed by atoms with Gasteiger partial charge < -0.3 is 14.8 Å². The molecule has 0 spiro atoms. The number of piperidine rings is 1. The van der Waals surface area contributed by atoms with Crippen molar-refractivity contribution in [3.63, 3.8) is 0 Å². The van der Waals surface area contributed by atoms with E-state index in [1.165, 1.54) is 25.7 Å². The van der Waals surface area contributed by atoms with Crippen molar-refractivity contribution in [3.05, 3.63) is 12.2 Å². The Morgan fingerprint density at radius 1 is 1.29 bits per heavy atom. The first-order valence-electron chi connectivity index (χ1n) is 9.58. The summed E-state index contributed by atoms with van der Waals surface area (Å²) in [5, 5.41) is 11.5. The normalized spacial score (nSPS) is 21.9. The smallest absolute Gasteiger partial charge is 0.220 e. The van der Waals surface area contributed by atoms with Gasteiger partial charge in [0.05, 0.1) is 6.04 Å². The molecule has 24 heavy (non-hydrogen) atoms. The lowest BCUT2D eigenvalue weighted by molar-refractivity contribution is -0.123. The first kappa shape index (κ1) is 17.4. The number of amides is 1. The number of carbonyl (C=O) groups excluding carboxylic acids is 1. The average molecular weight is 333 g/mol. The largest absolute Gasteiger partial charge is 0.346 e. The molecule has 2 aliphatic rings. The first-order valence-corrected chi connectivity index (χ1v) is 9.58. The Balaban J connectivity index is 1.50. The Hall–Kier alpha value is -1.43. The fourth-order valence-electron chi connectivity index (χ4n) is 4.16. The first-order chi connectivity index (χ1) is 11.7. The van der Waals surface area contributed by atoms with Gasteiger partial charge in [0.25, 0.3) is 0 Å². The van der Waals surface area contributed by atoms with Crippen molar-refractivity contribution in [2.45, 2.75) is 70.9 Å². The van der Waals surface area contributed by atoms with Gasteiger partial charge in [0.1, 0.15) is 6.33 Å². The van der Waals surface area contributed by atoms with Gasteiger partial charge in [-0.1, -0.05) is 19.8 Å². The molecule has 134 valence electrons. The molecule has 1 atom stereocenters. The molecule has 1 N–H and O–H groups in total. The van der Waals surface area contributed by atoms with Crippen molar-refractivity contribution in [2.24, 2.45) is 5.92 Å². The molecule has 6 nitrogen and oxygen atoms in total. The molecular formula is C18H31N5O. The summed E-state index contributed by atoms with van der Waals surface area (Å²) in [7, 11) is 0. The van der Waals surface area contributed by atoms with E-state index in [9.17, 15) is 4.79 Å². The molecule has 0 radical (unpaired) electrons. The Bertz CT molecular complexity index is 529. The maximum Gasteiger partial charge on any atom is 0.220 e. The molecule has 0 bridgehead atoms. The molecule has 1 aromatic rings. The minimum absolute atomic E-state index is 0.0728. The van der Waals surface area contributed by atoms with Gasteiger partial charge in [-0.05, 0) is 58.2 Å². The van der Waals surface area contributed by atoms with Gasteiger partial charge in [0, 0.05) is 12.5 Å². The van der Waals surface area contributed by atoms with E-state index >= 15 is 0 Å². The summed E-state index contributed by atoms with van der Waals surface area (Å²) in [4.78, 5) is 14.9. The van der Waals surface area contributed by atoms with Crippen molar-refractivity contribution >= 4 is 5.91 Å². The van der Waals surface area contributed by atoms with Crippen molar-refractivity contribution in [3.8, 4) is 0 Å². The molecule has 1 saturated heterocycles. The SMILES string of the molecule is CCN1CCC(CC(=O)NC(C)c2nncn2C2CCCC2)CC1. The molecule has 1 aliphatic heterocycles. The van der Waals surface area contributed by atoms with Crippen LogP contribution < -0.4 is 5.32 Å². The van der Waals surface area contributed by atoms with Gasteiger partial charge in [0.2, 0.25) is 5.91 Å². The summed E-state index contributed by atoms with van der Waals surface area (Å²) < 4.78 is 2.18. The Morgan fingerprint density at radius 2 is 2.00 bits per heavy atom. The van der Waals surface area contributed by atoms with Gasteiger partial charge in [-0.15, -0.1) is 10.2 Å². The molecular weight excluding hydrogens is 302 g/mol. The molecule has 0 aromatic carbocycles. The van der Waals surface area contributed by atoms with E-state index in [1.54, 1.807) is 0 Å². The zero-order valence-electron chi connectivity index (χ0n) is 15.1. The standard InChI is InChI=1S/C18H31N5O/c1-3-22-10-8-15(9-11-22)12-17(24)20-14(2)18-21-19-13-23(18)16-6-4-5-7-16/h13-16H,3-12H2,1-2H3,(H,20,24). The summed E-state index contributed by atoms with van der Waals surface area (Å²) in [6.07, 6.45) is 9.68. The highest BCUT2D eigenvalue weighted by Crippen LogP contribution is 2.31. The number of carbonyl (C=O) groups is 1. The second-order valence-corrected chi connectivity index (χ2v) is 7.41. The highest BCUT2D eigenvalue weighted by atomic mass is 16.1. The van der Waals surface area contributed by atoms with E-state index in [4.69, 9.17) is 0 Å². The summed E-state index contributed by atoms with van der Waals surface area (Å²) in [5.41, 5.74) is 0. The molecule has 1 saturated carbocycles. The van der Waals surface area contributed by atoms with Crippen molar-refractivity contribution in [1.29, 1.82) is 0 Å². The number of hydrogen-bond donors (Lipinski definition) is 1. The van der Waals surface area contributed by atoms with Crippen LogP contribution in [-0.4, -0.2) is 45.2 Å². The number of nitrogens with one attached hydrogen (secondary N) is 1. The van der Waals surface area contributed by atoms with Crippen LogP contribution in [0.1, 0.15) is 76.7 Å². The fourth-order valence-corrected chi connectivity index (χ4v) is 4.16. The maximum absolute atomic E-state index is 12.4. The van der Waals surface area contributed by atoms with E-state index in [-0.39, 0.29) is 11.9 Å². The van der Waals surface area contributed by atoms with E-state index in [0.717, 1.165) is 38.3 Å². The van der Waals surface area contributed by atoms with Gasteiger partial charge >= 0.3 is 0 Å². The van der Waals surface area contributed by atoms with Crippen LogP contribution in [0.2, 0.25) is 0 Å². The molecule has 1 amide bonds. The predicted molar refractivity (Wildman–Crippen MR) is 93.5 cm³/mol. The van der Waals surface area contributed by atoms with Crippen LogP contribution in [0.5, 0.6) is 0 Å². The molecule has 3 rings (SSSR count). The van der Waals surface area contributed by atoms with Gasteiger partial charge in [-0.3, -0.25) is 4.79 Å². The lowest BCUT2D eigenvalue weighted by Gasteiger charge is -2.30. The lowest BCUT2D eigenvalue weighted by Crippen LogP contribution is -2.36. The highest BCUT2D eigenvalue weighted by Gasteiger charge is 2.25. The van der Waals surface area contributed by atoms with Crippen LogP contribution >= 0.6 is 0 Å². The number of hydrogen-bond acceptors (Lipinski definition) is 4. The predicted octanol–water partition coefficient (Wildman–Crippen LogP) is 2.69. The number of nitrogens with zero attached hydrogens (tertiary/aromatic N) is 4. The van der Waals surface area contributed by atoms with E-state index < -0.39 is 0 Å². The van der Waals surface area contributed by atoms with E-state index in [2.05, 4.69) is 31.9 Å². The molecule has 2 heterocycles. The minimum atomic E-state index is -0.0728. The highest BCUT2D eigenvalue weighted by molar-refractivity contribution is 5.76. The van der Waals surface area contributed by atoms with E-state index in [0.29, 0.717) is 18.4 Å². The topological polar surface area (TPSA) is 63.1 Å². The minimum Gasteiger partial charge on any atom is -0.346 e. The quantitative estimate of drug-likeness (QED) is 0.869. The second-order valence-electron chi connectivity index (χ2n) is 7.41. The van der Waals surface area contributed by atoms with Crippen molar-refractivity contribution in [1.82, 2.24) is 25.0 Å². The Labute approximate surface area is 145 Å². The average Bonchev–Trinajstić information content (AvgIpc) is 3.26. The van der Waals surface area contributed by atoms with Crippen LogP contribution in [0, 0.1) is 5.92 Å². The Morgan fingerprint density at radius 3 is 2.67 bits per heavy atom. The number of rotatable bonds is 6.